The Balaban J connectivity index is 1.37. The van der Waals surface area contributed by atoms with Gasteiger partial charge in [0, 0.05) is 50.1 Å². The lowest BCUT2D eigenvalue weighted by Crippen LogP contribution is -2.47. The predicted octanol–water partition coefficient (Wildman–Crippen LogP) is 2.63. The van der Waals surface area contributed by atoms with Gasteiger partial charge in [0.25, 0.3) is 5.95 Å². The zero-order chi connectivity index (χ0) is 21.4. The molecule has 0 atom stereocenters. The van der Waals surface area contributed by atoms with Crippen molar-refractivity contribution in [1.29, 1.82) is 0 Å². The van der Waals surface area contributed by atoms with Gasteiger partial charge < -0.3 is 19.1 Å². The zero-order valence-corrected chi connectivity index (χ0v) is 17.8. The van der Waals surface area contributed by atoms with Crippen molar-refractivity contribution in [3.05, 3.63) is 42.7 Å². The first-order chi connectivity index (χ1) is 15.1. The molecule has 0 radical (unpaired) electrons. The maximum absolute atomic E-state index is 5.42. The number of pyridine rings is 1. The first-order valence-electron chi connectivity index (χ1n) is 10.3. The molecule has 0 amide bonds. The predicted molar refractivity (Wildman–Crippen MR) is 116 cm³/mol. The van der Waals surface area contributed by atoms with Crippen LogP contribution in [0.3, 0.4) is 0 Å². The van der Waals surface area contributed by atoms with E-state index in [1.807, 2.05) is 38.2 Å². The van der Waals surface area contributed by atoms with Crippen molar-refractivity contribution in [1.82, 2.24) is 29.7 Å². The fourth-order valence-corrected chi connectivity index (χ4v) is 3.71. The summed E-state index contributed by atoms with van der Waals surface area (Å²) >= 11 is 0. The summed E-state index contributed by atoms with van der Waals surface area (Å²) in [4.78, 5) is 18.1. The van der Waals surface area contributed by atoms with Crippen LogP contribution in [0.5, 0.6) is 5.88 Å². The first kappa shape index (κ1) is 19.3. The minimum Gasteiger partial charge on any atom is -0.481 e. The summed E-state index contributed by atoms with van der Waals surface area (Å²) in [6.45, 7) is 7.31. The van der Waals surface area contributed by atoms with E-state index >= 15 is 0 Å². The van der Waals surface area contributed by atoms with Crippen LogP contribution < -0.4 is 14.5 Å². The number of aromatic nitrogens is 6. The van der Waals surface area contributed by atoms with E-state index in [0.717, 1.165) is 48.8 Å². The second-order valence-corrected chi connectivity index (χ2v) is 7.73. The highest BCUT2D eigenvalue weighted by molar-refractivity contribution is 5.80. The van der Waals surface area contributed by atoms with E-state index in [2.05, 4.69) is 30.0 Å². The molecule has 0 bridgehead atoms. The largest absolute Gasteiger partial charge is 0.481 e. The van der Waals surface area contributed by atoms with Crippen molar-refractivity contribution in [2.45, 2.75) is 19.8 Å². The second-order valence-electron chi connectivity index (χ2n) is 7.73. The molecule has 0 aromatic carbocycles. The van der Waals surface area contributed by atoms with Crippen molar-refractivity contribution >= 4 is 17.4 Å². The van der Waals surface area contributed by atoms with E-state index in [1.54, 1.807) is 24.0 Å². The molecule has 5 rings (SSSR count). The molecule has 0 saturated carbocycles. The Hall–Kier alpha value is -3.69. The quantitative estimate of drug-likeness (QED) is 0.482. The molecule has 5 heterocycles. The molecule has 160 valence electrons. The lowest BCUT2D eigenvalue weighted by molar-refractivity contribution is 0.364. The summed E-state index contributed by atoms with van der Waals surface area (Å²) in [6, 6.07) is 5.84. The van der Waals surface area contributed by atoms with Gasteiger partial charge in [-0.1, -0.05) is 13.8 Å². The molecule has 10 heteroatoms. The van der Waals surface area contributed by atoms with Gasteiger partial charge >= 0.3 is 0 Å². The molecule has 1 aliphatic rings. The van der Waals surface area contributed by atoms with Crippen LogP contribution in [0.15, 0.2) is 41.3 Å². The summed E-state index contributed by atoms with van der Waals surface area (Å²) in [5, 5.41) is 8.57. The van der Waals surface area contributed by atoms with E-state index < -0.39 is 0 Å². The van der Waals surface area contributed by atoms with Crippen LogP contribution in [0.2, 0.25) is 0 Å². The molecule has 0 unspecified atom stereocenters. The lowest BCUT2D eigenvalue weighted by atomic mass is 10.1. The molecule has 1 saturated heterocycles. The van der Waals surface area contributed by atoms with E-state index in [9.17, 15) is 0 Å². The summed E-state index contributed by atoms with van der Waals surface area (Å²) < 4.78 is 12.5. The zero-order valence-electron chi connectivity index (χ0n) is 17.8. The maximum atomic E-state index is 5.42. The SMILES string of the molecule is COc1ncccc1-c1cnn2ccc(N3CCN(c4noc(C(C)C)n4)CC3)nc12. The number of ether oxygens (including phenoxy) is 1. The molecular formula is C21H24N8O2. The maximum Gasteiger partial charge on any atom is 0.266 e. The fraction of sp³-hybridized carbons (Fsp3) is 0.381. The average molecular weight is 420 g/mol. The van der Waals surface area contributed by atoms with Crippen molar-refractivity contribution < 1.29 is 9.26 Å². The van der Waals surface area contributed by atoms with Crippen LogP contribution in [-0.2, 0) is 0 Å². The van der Waals surface area contributed by atoms with Crippen LogP contribution in [0.25, 0.3) is 16.8 Å². The van der Waals surface area contributed by atoms with Crippen molar-refractivity contribution in [3.8, 4) is 17.0 Å². The number of hydrogen-bond donors (Lipinski definition) is 0. The van der Waals surface area contributed by atoms with Gasteiger partial charge in [-0.2, -0.15) is 10.1 Å². The van der Waals surface area contributed by atoms with E-state index in [4.69, 9.17) is 14.2 Å². The average Bonchev–Trinajstić information content (AvgIpc) is 3.46. The Morgan fingerprint density at radius 3 is 2.58 bits per heavy atom. The van der Waals surface area contributed by atoms with Crippen LogP contribution in [-0.4, -0.2) is 63.0 Å². The number of anilines is 2. The second kappa shape index (κ2) is 7.86. The Labute approximate surface area is 179 Å². The van der Waals surface area contributed by atoms with Gasteiger partial charge in [0.15, 0.2) is 5.65 Å². The minimum absolute atomic E-state index is 0.224. The van der Waals surface area contributed by atoms with Gasteiger partial charge in [-0.05, 0) is 23.4 Å². The summed E-state index contributed by atoms with van der Waals surface area (Å²) in [6.07, 6.45) is 5.44. The third-order valence-electron chi connectivity index (χ3n) is 5.42. The Morgan fingerprint density at radius 2 is 1.84 bits per heavy atom. The van der Waals surface area contributed by atoms with E-state index in [-0.39, 0.29) is 5.92 Å². The normalized spacial score (nSPS) is 14.6. The van der Waals surface area contributed by atoms with Gasteiger partial charge in [0.1, 0.15) is 5.82 Å². The summed E-state index contributed by atoms with van der Waals surface area (Å²) in [5.41, 5.74) is 2.52. The van der Waals surface area contributed by atoms with Crippen LogP contribution in [0.1, 0.15) is 25.7 Å². The lowest BCUT2D eigenvalue weighted by Gasteiger charge is -2.34. The Kier molecular flexibility index (Phi) is 4.89. The molecule has 0 N–H and O–H groups in total. The molecule has 4 aromatic rings. The number of methoxy groups -OCH3 is 1. The molecule has 10 nitrogen and oxygen atoms in total. The first-order valence-corrected chi connectivity index (χ1v) is 10.3. The molecule has 0 spiro atoms. The van der Waals surface area contributed by atoms with Crippen molar-refractivity contribution in [3.63, 3.8) is 0 Å². The van der Waals surface area contributed by atoms with Crippen LogP contribution in [0.4, 0.5) is 11.8 Å². The highest BCUT2D eigenvalue weighted by atomic mass is 16.5. The van der Waals surface area contributed by atoms with Crippen LogP contribution in [0, 0.1) is 0 Å². The molecule has 4 aromatic heterocycles. The topological polar surface area (TPSA) is 97.7 Å². The third kappa shape index (κ3) is 3.54. The highest BCUT2D eigenvalue weighted by Gasteiger charge is 2.23. The van der Waals surface area contributed by atoms with Crippen LogP contribution >= 0.6 is 0 Å². The number of rotatable bonds is 5. The number of hydrogen-bond acceptors (Lipinski definition) is 9. The van der Waals surface area contributed by atoms with E-state index in [1.165, 1.54) is 0 Å². The van der Waals surface area contributed by atoms with Crippen molar-refractivity contribution in [2.75, 3.05) is 43.1 Å². The summed E-state index contributed by atoms with van der Waals surface area (Å²) in [5.74, 6) is 3.02. The van der Waals surface area contributed by atoms with Gasteiger partial charge in [0.2, 0.25) is 11.8 Å². The van der Waals surface area contributed by atoms with Gasteiger partial charge in [-0.25, -0.2) is 14.5 Å². The number of nitrogens with zero attached hydrogens (tertiary/aromatic N) is 8. The summed E-state index contributed by atoms with van der Waals surface area (Å²) in [7, 11) is 1.61. The van der Waals surface area contributed by atoms with Gasteiger partial charge in [0.05, 0.1) is 18.9 Å². The molecule has 1 fully saturated rings. The monoisotopic (exact) mass is 420 g/mol. The Morgan fingerprint density at radius 1 is 1.03 bits per heavy atom. The van der Waals surface area contributed by atoms with E-state index in [0.29, 0.717) is 17.7 Å². The Bertz CT molecular complexity index is 1190. The van der Waals surface area contributed by atoms with Gasteiger partial charge in [-0.15, -0.1) is 0 Å². The number of piperazine rings is 1. The molecular weight excluding hydrogens is 396 g/mol. The van der Waals surface area contributed by atoms with Crippen molar-refractivity contribution in [2.24, 2.45) is 0 Å². The molecule has 1 aliphatic heterocycles. The molecule has 0 aliphatic carbocycles. The highest BCUT2D eigenvalue weighted by Crippen LogP contribution is 2.31. The smallest absolute Gasteiger partial charge is 0.266 e. The molecule has 31 heavy (non-hydrogen) atoms. The number of fused-ring (bicyclic) bond motifs is 1. The van der Waals surface area contributed by atoms with Gasteiger partial charge in [-0.3, -0.25) is 0 Å². The minimum atomic E-state index is 0.224. The third-order valence-corrected chi connectivity index (χ3v) is 5.42. The fourth-order valence-electron chi connectivity index (χ4n) is 3.71. The standard InChI is InChI=1S/C21H24N8O2/c1-14(2)19-25-21(26-31-19)28-11-9-27(10-12-28)17-6-8-29-18(24-17)16(13-23-29)15-5-4-7-22-20(15)30-3/h4-8,13-14H,9-12H2,1-3H3.